The van der Waals surface area contributed by atoms with Gasteiger partial charge in [0.1, 0.15) is 24.7 Å². The Balaban J connectivity index is 1.82. The molecule has 136 valence electrons. The first kappa shape index (κ1) is 18.0. The lowest BCUT2D eigenvalue weighted by Gasteiger charge is -2.19. The number of hydrogen-bond acceptors (Lipinski definition) is 4. The summed E-state index contributed by atoms with van der Waals surface area (Å²) < 4.78 is 12.6. The van der Waals surface area contributed by atoms with Crippen molar-refractivity contribution < 1.29 is 14.3 Å². The van der Waals surface area contributed by atoms with E-state index in [1.54, 1.807) is 0 Å². The van der Waals surface area contributed by atoms with Crippen LogP contribution in [0.1, 0.15) is 32.2 Å². The van der Waals surface area contributed by atoms with Crippen molar-refractivity contribution in [2.24, 2.45) is 0 Å². The molecule has 1 aromatic heterocycles. The molecule has 0 saturated carbocycles. The third kappa shape index (κ3) is 3.87. The van der Waals surface area contributed by atoms with E-state index >= 15 is 0 Å². The number of carbonyl (C=O) groups is 1. The van der Waals surface area contributed by atoms with Crippen LogP contribution in [0.3, 0.4) is 0 Å². The predicted octanol–water partition coefficient (Wildman–Crippen LogP) is 4.09. The minimum atomic E-state index is -0.316. The predicted molar refractivity (Wildman–Crippen MR) is 101 cm³/mol. The normalized spacial score (nSPS) is 11.5. The van der Waals surface area contributed by atoms with Gasteiger partial charge in [-0.05, 0) is 35.2 Å². The molecule has 0 bridgehead atoms. The standard InChI is InChI=1S/C21H24N2O3/c1-21(2,3)15-9-11-16(12-10-15)26-14-19-22-17-7-5-6-8-18(17)23(19)13-20(24)25-4/h5-12H,13-14H2,1-4H3. The molecule has 0 aliphatic heterocycles. The van der Waals surface area contributed by atoms with Crippen molar-refractivity contribution in [1.82, 2.24) is 9.55 Å². The van der Waals surface area contributed by atoms with Crippen molar-refractivity contribution in [2.45, 2.75) is 39.3 Å². The molecule has 0 unspecified atom stereocenters. The molecule has 0 saturated heterocycles. The van der Waals surface area contributed by atoms with Crippen LogP contribution in [0.4, 0.5) is 0 Å². The van der Waals surface area contributed by atoms with Crippen LogP contribution in [0.5, 0.6) is 5.75 Å². The van der Waals surface area contributed by atoms with E-state index in [4.69, 9.17) is 9.47 Å². The Morgan fingerprint density at radius 3 is 2.42 bits per heavy atom. The number of ether oxygens (including phenoxy) is 2. The third-order valence-electron chi connectivity index (χ3n) is 4.34. The van der Waals surface area contributed by atoms with Crippen LogP contribution >= 0.6 is 0 Å². The van der Waals surface area contributed by atoms with Crippen LogP contribution in [0, 0.1) is 0 Å². The zero-order valence-electron chi connectivity index (χ0n) is 15.7. The number of methoxy groups -OCH3 is 1. The first-order valence-electron chi connectivity index (χ1n) is 8.63. The number of rotatable bonds is 5. The van der Waals surface area contributed by atoms with Crippen LogP contribution in [-0.2, 0) is 28.1 Å². The number of para-hydroxylation sites is 2. The molecule has 1 heterocycles. The lowest BCUT2D eigenvalue weighted by molar-refractivity contribution is -0.141. The molecule has 26 heavy (non-hydrogen) atoms. The first-order valence-corrected chi connectivity index (χ1v) is 8.63. The lowest BCUT2D eigenvalue weighted by Crippen LogP contribution is -2.15. The number of nitrogens with zero attached hydrogens (tertiary/aromatic N) is 2. The number of carbonyl (C=O) groups excluding carboxylic acids is 1. The number of fused-ring (bicyclic) bond motifs is 1. The zero-order chi connectivity index (χ0) is 18.7. The molecule has 3 rings (SSSR count). The molecule has 0 fully saturated rings. The molecule has 0 aliphatic carbocycles. The Kier molecular flexibility index (Phi) is 4.98. The second kappa shape index (κ2) is 7.20. The summed E-state index contributed by atoms with van der Waals surface area (Å²) >= 11 is 0. The van der Waals surface area contributed by atoms with E-state index in [2.05, 4.69) is 37.9 Å². The molecule has 0 radical (unpaired) electrons. The fourth-order valence-corrected chi connectivity index (χ4v) is 2.80. The summed E-state index contributed by atoms with van der Waals surface area (Å²) in [6, 6.07) is 15.8. The molecule has 0 atom stereocenters. The second-order valence-corrected chi connectivity index (χ2v) is 7.24. The van der Waals surface area contributed by atoms with Gasteiger partial charge in [-0.25, -0.2) is 4.98 Å². The first-order chi connectivity index (χ1) is 12.4. The summed E-state index contributed by atoms with van der Waals surface area (Å²) in [7, 11) is 1.38. The van der Waals surface area contributed by atoms with E-state index < -0.39 is 0 Å². The highest BCUT2D eigenvalue weighted by Gasteiger charge is 2.15. The number of esters is 1. The second-order valence-electron chi connectivity index (χ2n) is 7.24. The van der Waals surface area contributed by atoms with Gasteiger partial charge in [-0.2, -0.15) is 0 Å². The van der Waals surface area contributed by atoms with E-state index in [-0.39, 0.29) is 24.5 Å². The average Bonchev–Trinajstić information content (AvgIpc) is 2.97. The number of benzene rings is 2. The van der Waals surface area contributed by atoms with E-state index in [1.807, 2.05) is 41.0 Å². The highest BCUT2D eigenvalue weighted by molar-refractivity contribution is 5.78. The Labute approximate surface area is 153 Å². The minimum Gasteiger partial charge on any atom is -0.486 e. The van der Waals surface area contributed by atoms with E-state index in [9.17, 15) is 4.79 Å². The number of hydrogen-bond donors (Lipinski definition) is 0. The SMILES string of the molecule is COC(=O)Cn1c(COc2ccc(C(C)(C)C)cc2)nc2ccccc21. The maximum absolute atomic E-state index is 11.8. The smallest absolute Gasteiger partial charge is 0.325 e. The zero-order valence-corrected chi connectivity index (χ0v) is 15.7. The van der Waals surface area contributed by atoms with Gasteiger partial charge in [0.2, 0.25) is 0 Å². The molecule has 5 heteroatoms. The number of imidazole rings is 1. The molecule has 3 aromatic rings. The highest BCUT2D eigenvalue weighted by Crippen LogP contribution is 2.25. The van der Waals surface area contributed by atoms with Gasteiger partial charge in [-0.3, -0.25) is 4.79 Å². The maximum atomic E-state index is 11.8. The fourth-order valence-electron chi connectivity index (χ4n) is 2.80. The van der Waals surface area contributed by atoms with E-state index in [0.29, 0.717) is 5.82 Å². The van der Waals surface area contributed by atoms with E-state index in [0.717, 1.165) is 16.8 Å². The molecule has 0 aliphatic rings. The van der Waals surface area contributed by atoms with Crippen molar-refractivity contribution in [2.75, 3.05) is 7.11 Å². The van der Waals surface area contributed by atoms with Gasteiger partial charge in [-0.15, -0.1) is 0 Å². The summed E-state index contributed by atoms with van der Waals surface area (Å²) in [5, 5.41) is 0. The Bertz CT molecular complexity index is 905. The largest absolute Gasteiger partial charge is 0.486 e. The van der Waals surface area contributed by atoms with Gasteiger partial charge in [0, 0.05) is 0 Å². The van der Waals surface area contributed by atoms with Crippen molar-refractivity contribution in [1.29, 1.82) is 0 Å². The van der Waals surface area contributed by atoms with Crippen LogP contribution < -0.4 is 4.74 Å². The Morgan fingerprint density at radius 1 is 1.08 bits per heavy atom. The molecular formula is C21H24N2O3. The highest BCUT2D eigenvalue weighted by atomic mass is 16.5. The Hall–Kier alpha value is -2.82. The van der Waals surface area contributed by atoms with Crippen LogP contribution in [0.2, 0.25) is 0 Å². The molecule has 2 aromatic carbocycles. The topological polar surface area (TPSA) is 53.4 Å². The maximum Gasteiger partial charge on any atom is 0.325 e. The molecule has 5 nitrogen and oxygen atoms in total. The summed E-state index contributed by atoms with van der Waals surface area (Å²) in [6.45, 7) is 6.92. The minimum absolute atomic E-state index is 0.104. The van der Waals surface area contributed by atoms with Crippen molar-refractivity contribution in [3.8, 4) is 5.75 Å². The van der Waals surface area contributed by atoms with E-state index in [1.165, 1.54) is 12.7 Å². The lowest BCUT2D eigenvalue weighted by atomic mass is 9.87. The monoisotopic (exact) mass is 352 g/mol. The fraction of sp³-hybridized carbons (Fsp3) is 0.333. The van der Waals surface area contributed by atoms with Crippen LogP contribution in [-0.4, -0.2) is 22.6 Å². The van der Waals surface area contributed by atoms with Crippen LogP contribution in [0.25, 0.3) is 11.0 Å². The van der Waals surface area contributed by atoms with Crippen molar-refractivity contribution in [3.05, 3.63) is 59.9 Å². The molecule has 0 N–H and O–H groups in total. The van der Waals surface area contributed by atoms with Crippen molar-refractivity contribution >= 4 is 17.0 Å². The van der Waals surface area contributed by atoms with Gasteiger partial charge < -0.3 is 14.0 Å². The van der Waals surface area contributed by atoms with Gasteiger partial charge >= 0.3 is 5.97 Å². The average molecular weight is 352 g/mol. The van der Waals surface area contributed by atoms with Gasteiger partial charge in [0.25, 0.3) is 0 Å². The van der Waals surface area contributed by atoms with Crippen molar-refractivity contribution in [3.63, 3.8) is 0 Å². The molecule has 0 amide bonds. The molecule has 0 spiro atoms. The number of aromatic nitrogens is 2. The summed E-state index contributed by atoms with van der Waals surface area (Å²) in [4.78, 5) is 16.4. The van der Waals surface area contributed by atoms with Gasteiger partial charge in [0.15, 0.2) is 0 Å². The Morgan fingerprint density at radius 2 is 1.77 bits per heavy atom. The quantitative estimate of drug-likeness (QED) is 0.649. The summed E-state index contributed by atoms with van der Waals surface area (Å²) in [5.74, 6) is 1.15. The van der Waals surface area contributed by atoms with Gasteiger partial charge in [-0.1, -0.05) is 45.0 Å². The third-order valence-corrected chi connectivity index (χ3v) is 4.34. The van der Waals surface area contributed by atoms with Crippen LogP contribution in [0.15, 0.2) is 48.5 Å². The summed E-state index contributed by atoms with van der Waals surface area (Å²) in [5.41, 5.74) is 3.08. The summed E-state index contributed by atoms with van der Waals surface area (Å²) in [6.07, 6.45) is 0. The van der Waals surface area contributed by atoms with Gasteiger partial charge in [0.05, 0.1) is 18.1 Å². The molecular weight excluding hydrogens is 328 g/mol.